The van der Waals surface area contributed by atoms with Crippen molar-refractivity contribution in [2.45, 2.75) is 45.6 Å². The summed E-state index contributed by atoms with van der Waals surface area (Å²) in [5.41, 5.74) is 5.04. The molecule has 1 aliphatic heterocycles. The van der Waals surface area contributed by atoms with E-state index in [1.54, 1.807) is 0 Å². The number of aryl methyl sites for hydroxylation is 2. The van der Waals surface area contributed by atoms with Crippen LogP contribution in [0.4, 0.5) is 0 Å². The fourth-order valence-electron chi connectivity index (χ4n) is 4.17. The van der Waals surface area contributed by atoms with E-state index >= 15 is 0 Å². The maximum atomic E-state index is 12.7. The van der Waals surface area contributed by atoms with Gasteiger partial charge in [-0.2, -0.15) is 5.10 Å². The minimum atomic E-state index is 0. The number of hydrogen-bond donors (Lipinski definition) is 1. The van der Waals surface area contributed by atoms with Crippen LogP contribution in [-0.2, 0) is 11.2 Å². The molecule has 28 heavy (non-hydrogen) atoms. The Morgan fingerprint density at radius 2 is 2.07 bits per heavy atom. The third-order valence-corrected chi connectivity index (χ3v) is 5.79. The van der Waals surface area contributed by atoms with Crippen molar-refractivity contribution < 1.29 is 4.79 Å². The molecular weight excluding hydrogens is 374 g/mol. The molecule has 1 aliphatic rings. The number of likely N-dealkylation sites (tertiary alicyclic amines) is 1. The van der Waals surface area contributed by atoms with Gasteiger partial charge in [-0.05, 0) is 57.9 Å². The molecule has 1 saturated heterocycles. The van der Waals surface area contributed by atoms with E-state index in [2.05, 4.69) is 18.3 Å². The smallest absolute Gasteiger partial charge is 0.222 e. The average molecular weight is 402 g/mol. The van der Waals surface area contributed by atoms with Crippen LogP contribution in [-0.4, -0.2) is 51.6 Å². The summed E-state index contributed by atoms with van der Waals surface area (Å²) >= 11 is 0. The number of likely N-dealkylation sites (N-methyl/N-ethyl adjacent to an activating group) is 1. The van der Waals surface area contributed by atoms with Crippen molar-refractivity contribution in [3.8, 4) is 0 Å². The van der Waals surface area contributed by atoms with Gasteiger partial charge in [-0.3, -0.25) is 4.79 Å². The number of piperidine rings is 1. The minimum absolute atomic E-state index is 0. The molecular formula is C21H28ClN5O. The predicted octanol–water partition coefficient (Wildman–Crippen LogP) is 3.06. The normalized spacial score (nSPS) is 17.1. The molecule has 0 radical (unpaired) electrons. The number of benzene rings is 1. The number of amides is 1. The van der Waals surface area contributed by atoms with Crippen molar-refractivity contribution in [3.05, 3.63) is 41.2 Å². The fraction of sp³-hybridized carbons (Fsp3) is 0.476. The fourth-order valence-corrected chi connectivity index (χ4v) is 4.17. The summed E-state index contributed by atoms with van der Waals surface area (Å²) in [5, 5.41) is 9.07. The van der Waals surface area contributed by atoms with Crippen LogP contribution in [0.25, 0.3) is 16.6 Å². The molecule has 150 valence electrons. The van der Waals surface area contributed by atoms with Gasteiger partial charge in [0, 0.05) is 42.3 Å². The van der Waals surface area contributed by atoms with E-state index in [0.717, 1.165) is 59.4 Å². The second-order valence-electron chi connectivity index (χ2n) is 7.48. The highest BCUT2D eigenvalue weighted by Crippen LogP contribution is 2.23. The van der Waals surface area contributed by atoms with Crippen LogP contribution in [0, 0.1) is 13.8 Å². The number of fused-ring (bicyclic) bond motifs is 3. The van der Waals surface area contributed by atoms with Crippen LogP contribution >= 0.6 is 12.4 Å². The van der Waals surface area contributed by atoms with Gasteiger partial charge in [-0.15, -0.1) is 12.4 Å². The van der Waals surface area contributed by atoms with Gasteiger partial charge in [0.05, 0.1) is 5.52 Å². The van der Waals surface area contributed by atoms with Crippen LogP contribution in [0.1, 0.15) is 36.2 Å². The zero-order chi connectivity index (χ0) is 19.0. The molecule has 3 heterocycles. The van der Waals surface area contributed by atoms with E-state index in [-0.39, 0.29) is 18.3 Å². The number of aromatic nitrogens is 3. The van der Waals surface area contributed by atoms with Gasteiger partial charge < -0.3 is 10.2 Å². The molecule has 1 amide bonds. The number of halogens is 1. The van der Waals surface area contributed by atoms with Crippen molar-refractivity contribution in [2.24, 2.45) is 0 Å². The summed E-state index contributed by atoms with van der Waals surface area (Å²) in [6.07, 6.45) is 3.44. The number of nitrogens with zero attached hydrogens (tertiary/aromatic N) is 4. The molecule has 0 bridgehead atoms. The zero-order valence-corrected chi connectivity index (χ0v) is 17.6. The third-order valence-electron chi connectivity index (χ3n) is 5.79. The number of hydrogen-bond acceptors (Lipinski definition) is 4. The van der Waals surface area contributed by atoms with Gasteiger partial charge in [0.1, 0.15) is 0 Å². The minimum Gasteiger partial charge on any atom is -0.341 e. The molecule has 0 spiro atoms. The van der Waals surface area contributed by atoms with E-state index in [1.165, 1.54) is 0 Å². The Morgan fingerprint density at radius 1 is 1.29 bits per heavy atom. The van der Waals surface area contributed by atoms with Crippen LogP contribution in [0.5, 0.6) is 0 Å². The summed E-state index contributed by atoms with van der Waals surface area (Å²) in [6.45, 7) is 5.80. The van der Waals surface area contributed by atoms with Gasteiger partial charge in [0.15, 0.2) is 5.65 Å². The van der Waals surface area contributed by atoms with Crippen LogP contribution in [0.2, 0.25) is 0 Å². The summed E-state index contributed by atoms with van der Waals surface area (Å²) in [4.78, 5) is 19.5. The molecule has 1 unspecified atom stereocenters. The van der Waals surface area contributed by atoms with Crippen molar-refractivity contribution in [2.75, 3.05) is 20.1 Å². The first kappa shape index (κ1) is 20.6. The topological polar surface area (TPSA) is 62.5 Å². The Bertz CT molecular complexity index is 999. The Kier molecular flexibility index (Phi) is 6.20. The van der Waals surface area contributed by atoms with Crippen molar-refractivity contribution in [1.29, 1.82) is 0 Å². The standard InChI is InChI=1S/C21H27N5O.ClH/c1-14-17(10-11-20(27)25-12-6-7-16(13-25)22-3)15(2)26-21(23-14)18-8-4-5-9-19(18)24-26;/h4-5,8-9,16,22H,6-7,10-13H2,1-3H3;1H. The first-order valence-electron chi connectivity index (χ1n) is 9.77. The molecule has 1 aromatic carbocycles. The summed E-state index contributed by atoms with van der Waals surface area (Å²) in [5.74, 6) is 0.236. The van der Waals surface area contributed by atoms with Gasteiger partial charge >= 0.3 is 0 Å². The molecule has 7 heteroatoms. The van der Waals surface area contributed by atoms with E-state index in [4.69, 9.17) is 10.1 Å². The average Bonchev–Trinajstić information content (AvgIpc) is 3.06. The Labute approximate surface area is 171 Å². The highest BCUT2D eigenvalue weighted by Gasteiger charge is 2.23. The van der Waals surface area contributed by atoms with Crippen molar-refractivity contribution in [3.63, 3.8) is 0 Å². The molecule has 6 nitrogen and oxygen atoms in total. The largest absolute Gasteiger partial charge is 0.341 e. The molecule has 3 aromatic rings. The Morgan fingerprint density at radius 3 is 2.86 bits per heavy atom. The van der Waals surface area contributed by atoms with Gasteiger partial charge in [-0.1, -0.05) is 12.1 Å². The molecule has 0 aliphatic carbocycles. The lowest BCUT2D eigenvalue weighted by atomic mass is 10.0. The molecule has 0 saturated carbocycles. The molecule has 1 atom stereocenters. The number of carbonyl (C=O) groups excluding carboxylic acids is 1. The lowest BCUT2D eigenvalue weighted by Gasteiger charge is -2.32. The Hall–Kier alpha value is -2.18. The monoisotopic (exact) mass is 401 g/mol. The molecule has 1 N–H and O–H groups in total. The molecule has 4 rings (SSSR count). The first-order valence-corrected chi connectivity index (χ1v) is 9.77. The highest BCUT2D eigenvalue weighted by atomic mass is 35.5. The van der Waals surface area contributed by atoms with Gasteiger partial charge in [0.2, 0.25) is 5.91 Å². The van der Waals surface area contributed by atoms with Crippen molar-refractivity contribution >= 4 is 34.9 Å². The maximum Gasteiger partial charge on any atom is 0.222 e. The van der Waals surface area contributed by atoms with E-state index in [0.29, 0.717) is 18.9 Å². The van der Waals surface area contributed by atoms with Gasteiger partial charge in [0.25, 0.3) is 0 Å². The second-order valence-corrected chi connectivity index (χ2v) is 7.48. The Balaban J connectivity index is 0.00000225. The highest BCUT2D eigenvalue weighted by molar-refractivity contribution is 5.92. The van der Waals surface area contributed by atoms with Crippen LogP contribution < -0.4 is 5.32 Å². The molecule has 2 aromatic heterocycles. The summed E-state index contributed by atoms with van der Waals surface area (Å²) < 4.78 is 1.93. The second kappa shape index (κ2) is 8.45. The summed E-state index contributed by atoms with van der Waals surface area (Å²) in [6, 6.07) is 8.49. The van der Waals surface area contributed by atoms with Crippen LogP contribution in [0.3, 0.4) is 0 Å². The van der Waals surface area contributed by atoms with E-state index in [9.17, 15) is 4.79 Å². The van der Waals surface area contributed by atoms with E-state index in [1.807, 2.05) is 41.6 Å². The lowest BCUT2D eigenvalue weighted by molar-refractivity contribution is -0.132. The number of nitrogens with one attached hydrogen (secondary N) is 1. The van der Waals surface area contributed by atoms with Crippen LogP contribution in [0.15, 0.2) is 24.3 Å². The molecule has 1 fully saturated rings. The lowest BCUT2D eigenvalue weighted by Crippen LogP contribution is -2.47. The van der Waals surface area contributed by atoms with E-state index < -0.39 is 0 Å². The summed E-state index contributed by atoms with van der Waals surface area (Å²) in [7, 11) is 1.97. The maximum absolute atomic E-state index is 12.7. The SMILES string of the molecule is CNC1CCCN(C(=O)CCc2c(C)nc3c4ccccc4nn3c2C)C1.Cl. The van der Waals surface area contributed by atoms with Gasteiger partial charge in [-0.25, -0.2) is 9.50 Å². The zero-order valence-electron chi connectivity index (χ0n) is 16.7. The third kappa shape index (κ3) is 3.71. The quantitative estimate of drug-likeness (QED) is 0.729. The first-order chi connectivity index (χ1) is 13.1. The predicted molar refractivity (Wildman–Crippen MR) is 114 cm³/mol. The number of carbonyl (C=O) groups is 1. The van der Waals surface area contributed by atoms with Crippen molar-refractivity contribution in [1.82, 2.24) is 24.8 Å². The number of rotatable bonds is 4.